The molecule has 0 saturated carbocycles. The van der Waals surface area contributed by atoms with E-state index in [1.807, 2.05) is 24.8 Å². The molecule has 2 aromatic heterocycles. The minimum Gasteiger partial charge on any atom is -0.382 e. The molecule has 0 unspecified atom stereocenters. The van der Waals surface area contributed by atoms with Crippen molar-refractivity contribution in [3.63, 3.8) is 0 Å². The fourth-order valence-electron chi connectivity index (χ4n) is 4.34. The van der Waals surface area contributed by atoms with Crippen molar-refractivity contribution in [2.24, 2.45) is 11.7 Å². The highest BCUT2D eigenvalue weighted by molar-refractivity contribution is 8.26. The molecule has 2 amide bonds. The third-order valence-corrected chi connectivity index (χ3v) is 7.66. The van der Waals surface area contributed by atoms with Gasteiger partial charge in [0.1, 0.15) is 15.8 Å². The number of aromatic nitrogens is 2. The van der Waals surface area contributed by atoms with Crippen molar-refractivity contribution in [1.82, 2.24) is 14.3 Å². The zero-order chi connectivity index (χ0) is 25.1. The number of rotatable bonds is 8. The molecule has 0 atom stereocenters. The third-order valence-electron chi connectivity index (χ3n) is 6.28. The summed E-state index contributed by atoms with van der Waals surface area (Å²) in [7, 11) is 0. The van der Waals surface area contributed by atoms with Crippen LogP contribution in [0.2, 0.25) is 0 Å². The summed E-state index contributed by atoms with van der Waals surface area (Å²) in [6.45, 7) is 6.54. The molecule has 2 fully saturated rings. The molecule has 11 heteroatoms. The van der Waals surface area contributed by atoms with Crippen molar-refractivity contribution in [2.45, 2.75) is 33.1 Å². The van der Waals surface area contributed by atoms with E-state index in [0.29, 0.717) is 78.4 Å². The summed E-state index contributed by atoms with van der Waals surface area (Å²) in [4.78, 5) is 47.2. The predicted molar refractivity (Wildman–Crippen MR) is 141 cm³/mol. The first-order chi connectivity index (χ1) is 16.8. The average Bonchev–Trinajstić information content (AvgIpc) is 3.11. The van der Waals surface area contributed by atoms with Gasteiger partial charge in [-0.15, -0.1) is 0 Å². The number of ether oxygens (including phenoxy) is 1. The van der Waals surface area contributed by atoms with E-state index in [1.165, 1.54) is 16.2 Å². The Hall–Kier alpha value is -2.76. The van der Waals surface area contributed by atoms with Gasteiger partial charge >= 0.3 is 0 Å². The van der Waals surface area contributed by atoms with Crippen LogP contribution in [0.4, 0.5) is 5.82 Å². The summed E-state index contributed by atoms with van der Waals surface area (Å²) in [6, 6.07) is 3.70. The number of thioether (sulfide) groups is 1. The molecule has 0 aromatic carbocycles. The molecule has 2 aromatic rings. The Labute approximate surface area is 213 Å². The molecule has 0 aliphatic carbocycles. The van der Waals surface area contributed by atoms with Crippen LogP contribution in [0, 0.1) is 12.8 Å². The van der Waals surface area contributed by atoms with E-state index < -0.39 is 0 Å². The maximum absolute atomic E-state index is 13.6. The SMILES string of the molecule is CCOCCCN1C(=O)/C(=C/c2c(N3CCC(C(N)=O)CC3)nc3c(C)cccn3c2=O)SC1=S. The highest BCUT2D eigenvalue weighted by atomic mass is 32.2. The summed E-state index contributed by atoms with van der Waals surface area (Å²) in [5.74, 6) is -0.205. The molecule has 2 aliphatic heterocycles. The summed E-state index contributed by atoms with van der Waals surface area (Å²) in [5.41, 5.74) is 7.00. The van der Waals surface area contributed by atoms with Crippen molar-refractivity contribution in [3.8, 4) is 0 Å². The average molecular weight is 516 g/mol. The standard InChI is InChI=1S/C24H29N5O4S2/c1-3-33-13-5-10-29-23(32)18(35-24(29)34)14-17-21(27-11-7-16(8-12-27)19(25)30)26-20-15(2)6-4-9-28(20)22(17)31/h4,6,9,14,16H,3,5,7-8,10-13H2,1-2H3,(H2,25,30)/b18-14-. The summed E-state index contributed by atoms with van der Waals surface area (Å²) in [5, 5.41) is 0. The number of hydrogen-bond donors (Lipinski definition) is 1. The number of fused-ring (bicyclic) bond motifs is 1. The first kappa shape index (κ1) is 25.3. The molecule has 0 spiro atoms. The highest BCUT2D eigenvalue weighted by Gasteiger charge is 2.33. The third kappa shape index (κ3) is 5.26. The number of carbonyl (C=O) groups excluding carboxylic acids is 2. The van der Waals surface area contributed by atoms with E-state index in [1.54, 1.807) is 23.2 Å². The lowest BCUT2D eigenvalue weighted by atomic mass is 9.96. The zero-order valence-corrected chi connectivity index (χ0v) is 21.5. The second-order valence-corrected chi connectivity index (χ2v) is 10.3. The number of thiocarbonyl (C=S) groups is 1. The molecular weight excluding hydrogens is 486 g/mol. The van der Waals surface area contributed by atoms with Crippen LogP contribution >= 0.6 is 24.0 Å². The molecule has 2 saturated heterocycles. The van der Waals surface area contributed by atoms with Crippen molar-refractivity contribution in [1.29, 1.82) is 0 Å². The molecule has 4 rings (SSSR count). The van der Waals surface area contributed by atoms with Crippen molar-refractivity contribution < 1.29 is 14.3 Å². The smallest absolute Gasteiger partial charge is 0.267 e. The summed E-state index contributed by atoms with van der Waals surface area (Å²) < 4.78 is 7.34. The van der Waals surface area contributed by atoms with E-state index in [2.05, 4.69) is 0 Å². The van der Waals surface area contributed by atoms with Crippen LogP contribution < -0.4 is 16.2 Å². The Morgan fingerprint density at radius 1 is 1.34 bits per heavy atom. The van der Waals surface area contributed by atoms with Crippen LogP contribution in [-0.2, 0) is 14.3 Å². The Bertz CT molecular complexity index is 1250. The first-order valence-corrected chi connectivity index (χ1v) is 12.9. The van der Waals surface area contributed by atoms with Crippen LogP contribution in [0.15, 0.2) is 28.0 Å². The van der Waals surface area contributed by atoms with E-state index in [9.17, 15) is 14.4 Å². The van der Waals surface area contributed by atoms with Crippen LogP contribution in [0.1, 0.15) is 37.3 Å². The van der Waals surface area contributed by atoms with E-state index >= 15 is 0 Å². The summed E-state index contributed by atoms with van der Waals surface area (Å²) >= 11 is 6.63. The van der Waals surface area contributed by atoms with Crippen molar-refractivity contribution in [2.75, 3.05) is 37.7 Å². The molecular formula is C24H29N5O4S2. The molecule has 0 radical (unpaired) electrons. The topological polar surface area (TPSA) is 110 Å². The number of nitrogens with two attached hydrogens (primary N) is 1. The highest BCUT2D eigenvalue weighted by Crippen LogP contribution is 2.34. The molecule has 0 bridgehead atoms. The van der Waals surface area contributed by atoms with Crippen LogP contribution in [0.5, 0.6) is 0 Å². The second-order valence-electron chi connectivity index (χ2n) is 8.59. The van der Waals surface area contributed by atoms with Gasteiger partial charge < -0.3 is 15.4 Å². The van der Waals surface area contributed by atoms with Gasteiger partial charge in [0.2, 0.25) is 5.91 Å². The number of pyridine rings is 1. The lowest BCUT2D eigenvalue weighted by Gasteiger charge is -2.32. The van der Waals surface area contributed by atoms with Gasteiger partial charge in [0.25, 0.3) is 11.5 Å². The van der Waals surface area contributed by atoms with Gasteiger partial charge in [0.15, 0.2) is 0 Å². The Morgan fingerprint density at radius 3 is 2.77 bits per heavy atom. The minimum atomic E-state index is -0.305. The largest absolute Gasteiger partial charge is 0.382 e. The Morgan fingerprint density at radius 2 is 2.09 bits per heavy atom. The molecule has 35 heavy (non-hydrogen) atoms. The number of piperidine rings is 1. The minimum absolute atomic E-state index is 0.189. The van der Waals surface area contributed by atoms with Gasteiger partial charge in [-0.2, -0.15) is 0 Å². The maximum Gasteiger partial charge on any atom is 0.267 e. The quantitative estimate of drug-likeness (QED) is 0.324. The number of anilines is 1. The molecule has 2 N–H and O–H groups in total. The van der Waals surface area contributed by atoms with E-state index in [0.717, 1.165) is 5.56 Å². The van der Waals surface area contributed by atoms with Crippen LogP contribution in [0.3, 0.4) is 0 Å². The lowest BCUT2D eigenvalue weighted by molar-refractivity contribution is -0.123. The van der Waals surface area contributed by atoms with Crippen LogP contribution in [0.25, 0.3) is 11.7 Å². The number of carbonyl (C=O) groups is 2. The van der Waals surface area contributed by atoms with Crippen molar-refractivity contribution in [3.05, 3.63) is 44.7 Å². The van der Waals surface area contributed by atoms with Gasteiger partial charge in [-0.25, -0.2) is 4.98 Å². The van der Waals surface area contributed by atoms with Crippen molar-refractivity contribution >= 4 is 57.7 Å². The number of amides is 2. The number of hydrogen-bond acceptors (Lipinski definition) is 8. The first-order valence-electron chi connectivity index (χ1n) is 11.7. The summed E-state index contributed by atoms with van der Waals surface area (Å²) in [6.07, 6.45) is 5.14. The van der Waals surface area contributed by atoms with Gasteiger partial charge in [-0.3, -0.25) is 23.7 Å². The fraction of sp³-hybridized carbons (Fsp3) is 0.458. The van der Waals surface area contributed by atoms with E-state index in [-0.39, 0.29) is 23.3 Å². The van der Waals surface area contributed by atoms with Gasteiger partial charge in [0, 0.05) is 45.0 Å². The zero-order valence-electron chi connectivity index (χ0n) is 19.9. The Balaban J connectivity index is 1.72. The number of primary amides is 1. The van der Waals surface area contributed by atoms with Gasteiger partial charge in [-0.05, 0) is 50.8 Å². The number of aryl methyl sites for hydroxylation is 1. The lowest BCUT2D eigenvalue weighted by Crippen LogP contribution is -2.40. The van der Waals surface area contributed by atoms with Gasteiger partial charge in [0.05, 0.1) is 10.5 Å². The second kappa shape index (κ2) is 10.9. The predicted octanol–water partition coefficient (Wildman–Crippen LogP) is 2.33. The maximum atomic E-state index is 13.6. The molecule has 2 aliphatic rings. The normalized spacial score (nSPS) is 18.3. The molecule has 4 heterocycles. The fourth-order valence-corrected chi connectivity index (χ4v) is 5.63. The van der Waals surface area contributed by atoms with Crippen LogP contribution in [-0.4, -0.2) is 63.3 Å². The molecule has 9 nitrogen and oxygen atoms in total. The monoisotopic (exact) mass is 515 g/mol. The number of nitrogens with zero attached hydrogens (tertiary/aromatic N) is 4. The van der Waals surface area contributed by atoms with E-state index in [4.69, 9.17) is 27.7 Å². The van der Waals surface area contributed by atoms with Gasteiger partial charge in [-0.1, -0.05) is 30.0 Å². The molecule has 186 valence electrons. The Kier molecular flexibility index (Phi) is 7.88.